The van der Waals surface area contributed by atoms with E-state index in [0.29, 0.717) is 19.6 Å². The molecule has 150 valence electrons. The Balaban J connectivity index is 1.87. The van der Waals surface area contributed by atoms with Crippen LogP contribution in [0.2, 0.25) is 0 Å². The Morgan fingerprint density at radius 1 is 1.33 bits per heavy atom. The van der Waals surface area contributed by atoms with Gasteiger partial charge in [0.05, 0.1) is 31.1 Å². The van der Waals surface area contributed by atoms with Gasteiger partial charge in [-0.1, -0.05) is 0 Å². The molecule has 0 aliphatic carbocycles. The molecule has 3 rings (SSSR count). The monoisotopic (exact) mass is 395 g/mol. The molecule has 1 fully saturated rings. The first-order valence-corrected chi connectivity index (χ1v) is 11.2. The smallest absolute Gasteiger partial charge is 0.227 e. The fraction of sp³-hybridized carbons (Fsp3) is 0.667. The number of imidazole rings is 2. The summed E-state index contributed by atoms with van der Waals surface area (Å²) in [6.45, 7) is 6.79. The van der Waals surface area contributed by atoms with Gasteiger partial charge >= 0.3 is 0 Å². The van der Waals surface area contributed by atoms with Crippen molar-refractivity contribution in [2.45, 2.75) is 63.6 Å². The van der Waals surface area contributed by atoms with E-state index in [4.69, 9.17) is 4.74 Å². The Morgan fingerprint density at radius 3 is 2.67 bits per heavy atom. The van der Waals surface area contributed by atoms with Crippen molar-refractivity contribution < 1.29 is 13.2 Å². The van der Waals surface area contributed by atoms with E-state index >= 15 is 0 Å². The number of hydrogen-bond donors (Lipinski definition) is 0. The molecule has 9 heteroatoms. The van der Waals surface area contributed by atoms with Gasteiger partial charge in [0.25, 0.3) is 0 Å². The van der Waals surface area contributed by atoms with E-state index in [-0.39, 0.29) is 17.3 Å². The Kier molecular flexibility index (Phi) is 6.02. The minimum Gasteiger partial charge on any atom is -0.376 e. The lowest BCUT2D eigenvalue weighted by molar-refractivity contribution is 0.0926. The van der Waals surface area contributed by atoms with Gasteiger partial charge < -0.3 is 13.9 Å². The zero-order valence-corrected chi connectivity index (χ0v) is 17.3. The molecule has 0 radical (unpaired) electrons. The number of hydrogen-bond acceptors (Lipinski definition) is 6. The number of rotatable bonds is 8. The normalized spacial score (nSPS) is 18.1. The number of aryl methyl sites for hydroxylation is 1. The second-order valence-corrected chi connectivity index (χ2v) is 9.41. The summed E-state index contributed by atoms with van der Waals surface area (Å²) in [6, 6.07) is 0.273. The molecule has 2 aromatic rings. The number of ether oxygens (including phenoxy) is 1. The number of sulfone groups is 1. The van der Waals surface area contributed by atoms with E-state index in [1.54, 1.807) is 12.4 Å². The SMILES string of the molecule is CC(C)N(Cc1nccn1C)Cc1cnc(S(C)(=O)=O)n1C[C@@H]1CCCO1. The van der Waals surface area contributed by atoms with Gasteiger partial charge in [-0.3, -0.25) is 4.90 Å². The fourth-order valence-corrected chi connectivity index (χ4v) is 4.20. The van der Waals surface area contributed by atoms with E-state index in [2.05, 4.69) is 28.7 Å². The van der Waals surface area contributed by atoms with Crippen LogP contribution in [0.3, 0.4) is 0 Å². The van der Waals surface area contributed by atoms with Crippen molar-refractivity contribution in [2.75, 3.05) is 12.9 Å². The molecular formula is C18H29N5O3S. The average molecular weight is 396 g/mol. The van der Waals surface area contributed by atoms with Crippen molar-refractivity contribution in [1.29, 1.82) is 0 Å². The van der Waals surface area contributed by atoms with E-state index in [9.17, 15) is 8.42 Å². The molecule has 1 aliphatic rings. The van der Waals surface area contributed by atoms with Crippen molar-refractivity contribution in [1.82, 2.24) is 24.0 Å². The van der Waals surface area contributed by atoms with Crippen LogP contribution in [0.15, 0.2) is 23.7 Å². The predicted molar refractivity (Wildman–Crippen MR) is 102 cm³/mol. The maximum atomic E-state index is 12.2. The predicted octanol–water partition coefficient (Wildman–Crippen LogP) is 1.61. The van der Waals surface area contributed by atoms with E-state index < -0.39 is 9.84 Å². The molecule has 1 atom stereocenters. The molecular weight excluding hydrogens is 366 g/mol. The summed E-state index contributed by atoms with van der Waals surface area (Å²) in [5.74, 6) is 0.970. The quantitative estimate of drug-likeness (QED) is 0.675. The largest absolute Gasteiger partial charge is 0.376 e. The zero-order chi connectivity index (χ0) is 19.6. The van der Waals surface area contributed by atoms with E-state index in [0.717, 1.165) is 31.0 Å². The molecule has 1 saturated heterocycles. The molecule has 0 unspecified atom stereocenters. The van der Waals surface area contributed by atoms with Crippen molar-refractivity contribution >= 4 is 9.84 Å². The summed E-state index contributed by atoms with van der Waals surface area (Å²) >= 11 is 0. The molecule has 0 bridgehead atoms. The highest BCUT2D eigenvalue weighted by atomic mass is 32.2. The minimum atomic E-state index is -3.41. The third kappa shape index (κ3) is 4.77. The lowest BCUT2D eigenvalue weighted by Gasteiger charge is -2.27. The molecule has 1 aliphatic heterocycles. The highest BCUT2D eigenvalue weighted by molar-refractivity contribution is 7.90. The second-order valence-electron chi connectivity index (χ2n) is 7.50. The van der Waals surface area contributed by atoms with E-state index in [1.807, 2.05) is 22.4 Å². The maximum Gasteiger partial charge on any atom is 0.227 e. The number of aromatic nitrogens is 4. The molecule has 0 aromatic carbocycles. The molecule has 0 N–H and O–H groups in total. The third-order valence-electron chi connectivity index (χ3n) is 5.00. The van der Waals surface area contributed by atoms with Crippen LogP contribution in [0, 0.1) is 0 Å². The van der Waals surface area contributed by atoms with Crippen molar-refractivity contribution in [3.8, 4) is 0 Å². The van der Waals surface area contributed by atoms with Crippen molar-refractivity contribution in [2.24, 2.45) is 7.05 Å². The molecule has 2 aromatic heterocycles. The van der Waals surface area contributed by atoms with Crippen molar-refractivity contribution in [3.05, 3.63) is 30.1 Å². The Bertz CT molecular complexity index is 865. The lowest BCUT2D eigenvalue weighted by atomic mass is 10.2. The second kappa shape index (κ2) is 8.12. The standard InChI is InChI=1S/C18H29N5O3S/c1-14(2)22(13-17-19-7-8-21(17)3)11-15-10-20-18(27(4,24)25)23(15)12-16-6-5-9-26-16/h7-8,10,14,16H,5-6,9,11-13H2,1-4H3/t16-/m0/s1. The first-order chi connectivity index (χ1) is 12.8. The lowest BCUT2D eigenvalue weighted by Crippen LogP contribution is -2.32. The minimum absolute atomic E-state index is 0.0421. The average Bonchev–Trinajstić information content (AvgIpc) is 3.30. The molecule has 0 spiro atoms. The van der Waals surface area contributed by atoms with Crippen LogP contribution in [0.25, 0.3) is 0 Å². The Hall–Kier alpha value is -1.71. The van der Waals surface area contributed by atoms with Gasteiger partial charge in [-0.15, -0.1) is 0 Å². The van der Waals surface area contributed by atoms with Gasteiger partial charge in [0, 0.05) is 44.9 Å². The highest BCUT2D eigenvalue weighted by Gasteiger charge is 2.25. The molecule has 0 amide bonds. The zero-order valence-electron chi connectivity index (χ0n) is 16.5. The Morgan fingerprint density at radius 2 is 2.11 bits per heavy atom. The summed E-state index contributed by atoms with van der Waals surface area (Å²) in [4.78, 5) is 10.9. The molecule has 27 heavy (non-hydrogen) atoms. The summed E-state index contributed by atoms with van der Waals surface area (Å²) < 4.78 is 34.0. The van der Waals surface area contributed by atoms with Gasteiger partial charge in [-0.2, -0.15) is 0 Å². The summed E-state index contributed by atoms with van der Waals surface area (Å²) in [5.41, 5.74) is 0.883. The van der Waals surface area contributed by atoms with Crippen LogP contribution < -0.4 is 0 Å². The first kappa shape index (κ1) is 20.0. The third-order valence-corrected chi connectivity index (χ3v) is 5.99. The molecule has 0 saturated carbocycles. The van der Waals surface area contributed by atoms with Gasteiger partial charge in [0.1, 0.15) is 5.82 Å². The van der Waals surface area contributed by atoms with Gasteiger partial charge in [0.2, 0.25) is 15.0 Å². The topological polar surface area (TPSA) is 82.3 Å². The van der Waals surface area contributed by atoms with Gasteiger partial charge in [-0.05, 0) is 26.7 Å². The molecule has 3 heterocycles. The molecule has 8 nitrogen and oxygen atoms in total. The van der Waals surface area contributed by atoms with Gasteiger partial charge in [0.15, 0.2) is 0 Å². The van der Waals surface area contributed by atoms with Crippen LogP contribution in [0.4, 0.5) is 0 Å². The first-order valence-electron chi connectivity index (χ1n) is 9.32. The van der Waals surface area contributed by atoms with Crippen LogP contribution in [0.1, 0.15) is 38.2 Å². The summed E-state index contributed by atoms with van der Waals surface area (Å²) in [6.07, 6.45) is 8.61. The van der Waals surface area contributed by atoms with Crippen LogP contribution in [-0.2, 0) is 41.3 Å². The van der Waals surface area contributed by atoms with Crippen LogP contribution in [0.5, 0.6) is 0 Å². The fourth-order valence-electron chi connectivity index (χ4n) is 3.36. The van der Waals surface area contributed by atoms with Crippen LogP contribution >= 0.6 is 0 Å². The highest BCUT2D eigenvalue weighted by Crippen LogP contribution is 2.21. The Labute approximate surface area is 161 Å². The number of nitrogens with zero attached hydrogens (tertiary/aromatic N) is 5. The summed E-state index contributed by atoms with van der Waals surface area (Å²) in [7, 11) is -1.43. The summed E-state index contributed by atoms with van der Waals surface area (Å²) in [5, 5.41) is 0.119. The van der Waals surface area contributed by atoms with E-state index in [1.165, 1.54) is 6.26 Å². The maximum absolute atomic E-state index is 12.2. The van der Waals surface area contributed by atoms with Gasteiger partial charge in [-0.25, -0.2) is 18.4 Å². The van der Waals surface area contributed by atoms with Crippen LogP contribution in [-0.4, -0.2) is 57.4 Å². The van der Waals surface area contributed by atoms with Crippen molar-refractivity contribution in [3.63, 3.8) is 0 Å².